The maximum atomic E-state index is 12.4. The Kier molecular flexibility index (Phi) is 7.87. The molecule has 0 heterocycles. The molecule has 0 aliphatic heterocycles. The summed E-state index contributed by atoms with van der Waals surface area (Å²) in [5, 5.41) is 2.95. The number of rotatable bonds is 9. The van der Waals surface area contributed by atoms with Gasteiger partial charge in [0.15, 0.2) is 6.61 Å². The van der Waals surface area contributed by atoms with Crippen molar-refractivity contribution in [2.75, 3.05) is 20.8 Å². The SMILES string of the molecule is COc1cc(OC)cc(C(=O)OCC(=O)N[C@H](CC(C)C)c2ccccc2)c1. The molecule has 0 aliphatic carbocycles. The van der Waals surface area contributed by atoms with Crippen molar-refractivity contribution >= 4 is 11.9 Å². The van der Waals surface area contributed by atoms with E-state index in [1.165, 1.54) is 26.4 Å². The summed E-state index contributed by atoms with van der Waals surface area (Å²) in [5.41, 5.74) is 1.28. The molecular formula is C22H27NO5. The Bertz CT molecular complexity index is 767. The van der Waals surface area contributed by atoms with Crippen molar-refractivity contribution < 1.29 is 23.8 Å². The molecular weight excluding hydrogens is 358 g/mol. The molecule has 2 aromatic carbocycles. The second-order valence-electron chi connectivity index (χ2n) is 6.84. The number of esters is 1. The van der Waals surface area contributed by atoms with Crippen LogP contribution in [0.25, 0.3) is 0 Å². The van der Waals surface area contributed by atoms with Gasteiger partial charge in [0.25, 0.3) is 5.91 Å². The van der Waals surface area contributed by atoms with E-state index in [1.54, 1.807) is 6.07 Å². The minimum absolute atomic E-state index is 0.135. The van der Waals surface area contributed by atoms with E-state index in [-0.39, 0.29) is 24.1 Å². The molecule has 150 valence electrons. The van der Waals surface area contributed by atoms with Gasteiger partial charge in [0.05, 0.1) is 25.8 Å². The Labute approximate surface area is 165 Å². The summed E-state index contributed by atoms with van der Waals surface area (Å²) in [6.45, 7) is 3.83. The van der Waals surface area contributed by atoms with Gasteiger partial charge in [-0.3, -0.25) is 4.79 Å². The van der Waals surface area contributed by atoms with E-state index >= 15 is 0 Å². The normalized spacial score (nSPS) is 11.6. The fourth-order valence-corrected chi connectivity index (χ4v) is 2.81. The highest BCUT2D eigenvalue weighted by molar-refractivity contribution is 5.92. The van der Waals surface area contributed by atoms with Crippen molar-refractivity contribution in [1.82, 2.24) is 5.32 Å². The van der Waals surface area contributed by atoms with E-state index in [9.17, 15) is 9.59 Å². The van der Waals surface area contributed by atoms with Gasteiger partial charge in [0, 0.05) is 6.07 Å². The Balaban J connectivity index is 1.99. The second kappa shape index (κ2) is 10.3. The summed E-state index contributed by atoms with van der Waals surface area (Å²) < 4.78 is 15.5. The predicted molar refractivity (Wildman–Crippen MR) is 107 cm³/mol. The highest BCUT2D eigenvalue weighted by atomic mass is 16.5. The summed E-state index contributed by atoms with van der Waals surface area (Å²) in [6, 6.07) is 14.3. The third kappa shape index (κ3) is 6.30. The molecule has 0 radical (unpaired) electrons. The van der Waals surface area contributed by atoms with Crippen LogP contribution >= 0.6 is 0 Å². The molecule has 6 heteroatoms. The van der Waals surface area contributed by atoms with Gasteiger partial charge in [-0.05, 0) is 30.0 Å². The van der Waals surface area contributed by atoms with Crippen LogP contribution in [0.4, 0.5) is 0 Å². The minimum atomic E-state index is -0.618. The number of hydrogen-bond acceptors (Lipinski definition) is 5. The molecule has 0 unspecified atom stereocenters. The van der Waals surface area contributed by atoms with Crippen LogP contribution in [0.5, 0.6) is 11.5 Å². The Morgan fingerprint density at radius 3 is 2.11 bits per heavy atom. The molecule has 0 saturated carbocycles. The van der Waals surface area contributed by atoms with Gasteiger partial charge in [-0.1, -0.05) is 44.2 Å². The van der Waals surface area contributed by atoms with Crippen LogP contribution in [0, 0.1) is 5.92 Å². The lowest BCUT2D eigenvalue weighted by Crippen LogP contribution is -2.33. The Hall–Kier alpha value is -3.02. The monoisotopic (exact) mass is 385 g/mol. The topological polar surface area (TPSA) is 73.9 Å². The van der Waals surface area contributed by atoms with Crippen LogP contribution in [-0.2, 0) is 9.53 Å². The maximum Gasteiger partial charge on any atom is 0.338 e. The first-order valence-corrected chi connectivity index (χ1v) is 9.17. The maximum absolute atomic E-state index is 12.4. The van der Waals surface area contributed by atoms with Crippen LogP contribution in [0.2, 0.25) is 0 Å². The molecule has 0 fully saturated rings. The third-order valence-corrected chi connectivity index (χ3v) is 4.17. The number of nitrogens with one attached hydrogen (secondary N) is 1. The average Bonchev–Trinajstić information content (AvgIpc) is 2.71. The molecule has 0 aliphatic rings. The number of methoxy groups -OCH3 is 2. The number of carbonyl (C=O) groups excluding carboxylic acids is 2. The lowest BCUT2D eigenvalue weighted by molar-refractivity contribution is -0.125. The molecule has 2 aromatic rings. The molecule has 0 spiro atoms. The summed E-state index contributed by atoms with van der Waals surface area (Å²) >= 11 is 0. The number of amides is 1. The van der Waals surface area contributed by atoms with Crippen LogP contribution in [0.3, 0.4) is 0 Å². The minimum Gasteiger partial charge on any atom is -0.497 e. The standard InChI is InChI=1S/C22H27NO5/c1-15(2)10-20(16-8-6-5-7-9-16)23-21(24)14-28-22(25)17-11-18(26-3)13-19(12-17)27-4/h5-9,11-13,15,20H,10,14H2,1-4H3,(H,23,24)/t20-/m1/s1. The summed E-state index contributed by atoms with van der Waals surface area (Å²) in [4.78, 5) is 24.7. The first-order chi connectivity index (χ1) is 13.4. The summed E-state index contributed by atoms with van der Waals surface area (Å²) in [6.07, 6.45) is 0.788. The first-order valence-electron chi connectivity index (χ1n) is 9.17. The van der Waals surface area contributed by atoms with Crippen molar-refractivity contribution in [3.05, 3.63) is 59.7 Å². The van der Waals surface area contributed by atoms with Crippen LogP contribution in [0.1, 0.15) is 42.2 Å². The van der Waals surface area contributed by atoms with E-state index in [4.69, 9.17) is 14.2 Å². The quantitative estimate of drug-likeness (QED) is 0.665. The van der Waals surface area contributed by atoms with Gasteiger partial charge in [-0.15, -0.1) is 0 Å². The van der Waals surface area contributed by atoms with E-state index in [0.717, 1.165) is 12.0 Å². The number of carbonyl (C=O) groups is 2. The number of hydrogen-bond donors (Lipinski definition) is 1. The lowest BCUT2D eigenvalue weighted by atomic mass is 9.97. The van der Waals surface area contributed by atoms with Gasteiger partial charge in [0.2, 0.25) is 0 Å². The zero-order valence-electron chi connectivity index (χ0n) is 16.7. The lowest BCUT2D eigenvalue weighted by Gasteiger charge is -2.21. The van der Waals surface area contributed by atoms with Crippen molar-refractivity contribution in [2.45, 2.75) is 26.3 Å². The average molecular weight is 385 g/mol. The second-order valence-corrected chi connectivity index (χ2v) is 6.84. The van der Waals surface area contributed by atoms with Gasteiger partial charge < -0.3 is 19.5 Å². The predicted octanol–water partition coefficient (Wildman–Crippen LogP) is 3.76. The molecule has 0 bridgehead atoms. The van der Waals surface area contributed by atoms with Gasteiger partial charge in [-0.25, -0.2) is 4.79 Å². The van der Waals surface area contributed by atoms with Crippen molar-refractivity contribution in [3.63, 3.8) is 0 Å². The highest BCUT2D eigenvalue weighted by Crippen LogP contribution is 2.23. The molecule has 2 rings (SSSR count). The summed E-state index contributed by atoms with van der Waals surface area (Å²) in [5.74, 6) is 0.371. The van der Waals surface area contributed by atoms with E-state index < -0.39 is 5.97 Å². The molecule has 0 saturated heterocycles. The fraction of sp³-hybridized carbons (Fsp3) is 0.364. The third-order valence-electron chi connectivity index (χ3n) is 4.17. The smallest absolute Gasteiger partial charge is 0.338 e. The fourth-order valence-electron chi connectivity index (χ4n) is 2.81. The summed E-state index contributed by atoms with van der Waals surface area (Å²) in [7, 11) is 2.99. The molecule has 1 atom stereocenters. The zero-order chi connectivity index (χ0) is 20.5. The molecule has 1 amide bonds. The first kappa shape index (κ1) is 21.3. The largest absolute Gasteiger partial charge is 0.497 e. The van der Waals surface area contributed by atoms with E-state index in [2.05, 4.69) is 19.2 Å². The molecule has 0 aromatic heterocycles. The molecule has 1 N–H and O–H groups in total. The number of ether oxygens (including phenoxy) is 3. The van der Waals surface area contributed by atoms with Gasteiger partial charge in [0.1, 0.15) is 11.5 Å². The van der Waals surface area contributed by atoms with Gasteiger partial charge >= 0.3 is 5.97 Å². The Morgan fingerprint density at radius 1 is 0.964 bits per heavy atom. The molecule has 6 nitrogen and oxygen atoms in total. The van der Waals surface area contributed by atoms with E-state index in [0.29, 0.717) is 17.4 Å². The van der Waals surface area contributed by atoms with Crippen molar-refractivity contribution in [1.29, 1.82) is 0 Å². The molecule has 28 heavy (non-hydrogen) atoms. The number of benzene rings is 2. The van der Waals surface area contributed by atoms with Crippen LogP contribution < -0.4 is 14.8 Å². The van der Waals surface area contributed by atoms with Crippen molar-refractivity contribution in [2.24, 2.45) is 5.92 Å². The van der Waals surface area contributed by atoms with Crippen LogP contribution in [-0.4, -0.2) is 32.7 Å². The zero-order valence-corrected chi connectivity index (χ0v) is 16.7. The highest BCUT2D eigenvalue weighted by Gasteiger charge is 2.18. The van der Waals surface area contributed by atoms with E-state index in [1.807, 2.05) is 30.3 Å². The van der Waals surface area contributed by atoms with Crippen molar-refractivity contribution in [3.8, 4) is 11.5 Å². The van der Waals surface area contributed by atoms with Crippen LogP contribution in [0.15, 0.2) is 48.5 Å². The Morgan fingerprint density at radius 2 is 1.57 bits per heavy atom. The van der Waals surface area contributed by atoms with Gasteiger partial charge in [-0.2, -0.15) is 0 Å².